The highest BCUT2D eigenvalue weighted by Gasteiger charge is 2.33. The number of methoxy groups -OCH3 is 1. The molecule has 1 N–H and O–H groups in total. The van der Waals surface area contributed by atoms with E-state index >= 15 is 0 Å². The smallest absolute Gasteiger partial charge is 0.264 e. The molecule has 3 aromatic rings. The molecule has 9 heteroatoms. The molecule has 8 nitrogen and oxygen atoms in total. The van der Waals surface area contributed by atoms with E-state index in [0.717, 1.165) is 15.4 Å². The highest BCUT2D eigenvalue weighted by Crippen LogP contribution is 2.26. The minimum atomic E-state index is -4.13. The summed E-state index contributed by atoms with van der Waals surface area (Å²) >= 11 is 0. The second-order valence-electron chi connectivity index (χ2n) is 8.85. The fraction of sp³-hybridized carbons (Fsp3) is 0.310. The van der Waals surface area contributed by atoms with Crippen molar-refractivity contribution < 1.29 is 22.7 Å². The van der Waals surface area contributed by atoms with Gasteiger partial charge in [-0.25, -0.2) is 8.42 Å². The van der Waals surface area contributed by atoms with Crippen LogP contribution in [0.5, 0.6) is 5.75 Å². The van der Waals surface area contributed by atoms with Gasteiger partial charge in [0.25, 0.3) is 10.0 Å². The SMILES string of the molecule is CCNC(=O)[C@@H](CC)N(Cc1ccccc1)C(=O)CN(c1ccc(C)cc1)S(=O)(=O)c1ccc(OC)cc1. The molecule has 0 unspecified atom stereocenters. The minimum absolute atomic E-state index is 0.0250. The van der Waals surface area contributed by atoms with Crippen molar-refractivity contribution in [3.8, 4) is 5.75 Å². The maximum Gasteiger partial charge on any atom is 0.264 e. The van der Waals surface area contributed by atoms with Gasteiger partial charge in [0.05, 0.1) is 17.7 Å². The Hall–Kier alpha value is -3.85. The van der Waals surface area contributed by atoms with Gasteiger partial charge < -0.3 is 15.0 Å². The van der Waals surface area contributed by atoms with E-state index in [2.05, 4.69) is 5.32 Å². The van der Waals surface area contributed by atoms with Crippen molar-refractivity contribution in [1.82, 2.24) is 10.2 Å². The van der Waals surface area contributed by atoms with E-state index in [1.807, 2.05) is 51.1 Å². The van der Waals surface area contributed by atoms with Gasteiger partial charge in [-0.3, -0.25) is 13.9 Å². The number of carbonyl (C=O) groups is 2. The predicted molar refractivity (Wildman–Crippen MR) is 148 cm³/mol. The zero-order valence-corrected chi connectivity index (χ0v) is 23.1. The second kappa shape index (κ2) is 13.1. The fourth-order valence-corrected chi connectivity index (χ4v) is 5.52. The van der Waals surface area contributed by atoms with Gasteiger partial charge in [0, 0.05) is 13.1 Å². The molecule has 0 fully saturated rings. The van der Waals surface area contributed by atoms with Crippen molar-refractivity contribution in [2.24, 2.45) is 0 Å². The Balaban J connectivity index is 2.04. The molecule has 0 bridgehead atoms. The highest BCUT2D eigenvalue weighted by atomic mass is 32.2. The number of nitrogens with one attached hydrogen (secondary N) is 1. The molecule has 0 saturated heterocycles. The van der Waals surface area contributed by atoms with Crippen molar-refractivity contribution in [1.29, 1.82) is 0 Å². The zero-order valence-electron chi connectivity index (χ0n) is 22.3. The number of carbonyl (C=O) groups excluding carboxylic acids is 2. The van der Waals surface area contributed by atoms with Crippen LogP contribution in [0.3, 0.4) is 0 Å². The van der Waals surface area contributed by atoms with Crippen LogP contribution in [0.25, 0.3) is 0 Å². The van der Waals surface area contributed by atoms with Crippen LogP contribution in [0, 0.1) is 6.92 Å². The standard InChI is InChI=1S/C29H35N3O5S/c1-5-27(29(34)30-6-2)31(20-23-10-8-7-9-11-23)28(33)21-32(24-14-12-22(3)13-15-24)38(35,36)26-18-16-25(37-4)17-19-26/h7-19,27H,5-6,20-21H2,1-4H3,(H,30,34)/t27-/m1/s1. The van der Waals surface area contributed by atoms with Gasteiger partial charge in [0.15, 0.2) is 0 Å². The number of benzene rings is 3. The van der Waals surface area contributed by atoms with Crippen LogP contribution in [-0.2, 0) is 26.2 Å². The molecule has 0 spiro atoms. The van der Waals surface area contributed by atoms with E-state index in [4.69, 9.17) is 4.74 Å². The lowest BCUT2D eigenvalue weighted by atomic mass is 10.1. The molecule has 2 amide bonds. The van der Waals surface area contributed by atoms with Crippen LogP contribution in [-0.4, -0.2) is 51.4 Å². The van der Waals surface area contributed by atoms with E-state index in [9.17, 15) is 18.0 Å². The van der Waals surface area contributed by atoms with Crippen LogP contribution >= 0.6 is 0 Å². The lowest BCUT2D eigenvalue weighted by molar-refractivity contribution is -0.140. The van der Waals surface area contributed by atoms with Crippen LogP contribution in [0.4, 0.5) is 5.69 Å². The third kappa shape index (κ3) is 6.92. The van der Waals surface area contributed by atoms with Gasteiger partial charge in [-0.05, 0) is 62.2 Å². The molecule has 0 aliphatic heterocycles. The molecule has 202 valence electrons. The Morgan fingerprint density at radius 3 is 2.11 bits per heavy atom. The van der Waals surface area contributed by atoms with Crippen molar-refractivity contribution >= 4 is 27.5 Å². The van der Waals surface area contributed by atoms with Crippen molar-refractivity contribution in [2.75, 3.05) is 24.5 Å². The van der Waals surface area contributed by atoms with E-state index < -0.39 is 28.5 Å². The summed E-state index contributed by atoms with van der Waals surface area (Å²) in [6, 6.07) is 21.5. The summed E-state index contributed by atoms with van der Waals surface area (Å²) in [6.45, 7) is 5.66. The Labute approximate surface area is 225 Å². The minimum Gasteiger partial charge on any atom is -0.497 e. The van der Waals surface area contributed by atoms with Crippen LogP contribution in [0.15, 0.2) is 83.8 Å². The number of hydrogen-bond donors (Lipinski definition) is 1. The molecule has 0 saturated carbocycles. The van der Waals surface area contributed by atoms with Crippen molar-refractivity contribution in [2.45, 2.75) is 44.7 Å². The highest BCUT2D eigenvalue weighted by molar-refractivity contribution is 7.92. The first kappa shape index (κ1) is 28.7. The van der Waals surface area contributed by atoms with Crippen LogP contribution in [0.1, 0.15) is 31.4 Å². The van der Waals surface area contributed by atoms with Gasteiger partial charge in [0.2, 0.25) is 11.8 Å². The van der Waals surface area contributed by atoms with Crippen LogP contribution in [0.2, 0.25) is 0 Å². The number of rotatable bonds is 12. The average molecular weight is 538 g/mol. The molecule has 0 aliphatic rings. The topological polar surface area (TPSA) is 96.0 Å². The number of sulfonamides is 1. The molecule has 0 radical (unpaired) electrons. The lowest BCUT2D eigenvalue weighted by Crippen LogP contribution is -2.52. The summed E-state index contributed by atoms with van der Waals surface area (Å²) < 4.78 is 34.0. The second-order valence-corrected chi connectivity index (χ2v) is 10.7. The normalized spacial score (nSPS) is 11.9. The van der Waals surface area contributed by atoms with Crippen molar-refractivity contribution in [3.63, 3.8) is 0 Å². The molecule has 1 atom stereocenters. The number of nitrogens with zero attached hydrogens (tertiary/aromatic N) is 2. The van der Waals surface area contributed by atoms with Gasteiger partial charge >= 0.3 is 0 Å². The molecule has 0 heterocycles. The predicted octanol–water partition coefficient (Wildman–Crippen LogP) is 4.14. The summed E-state index contributed by atoms with van der Waals surface area (Å²) in [5, 5.41) is 2.80. The summed E-state index contributed by atoms with van der Waals surface area (Å²) in [6.07, 6.45) is 0.375. The third-order valence-corrected chi connectivity index (χ3v) is 7.97. The third-order valence-electron chi connectivity index (χ3n) is 6.18. The van der Waals surface area contributed by atoms with Gasteiger partial charge in [0.1, 0.15) is 18.3 Å². The maximum atomic E-state index is 13.9. The van der Waals surface area contributed by atoms with Crippen molar-refractivity contribution in [3.05, 3.63) is 90.0 Å². The summed E-state index contributed by atoms with van der Waals surface area (Å²) in [4.78, 5) is 28.3. The molecule has 3 rings (SSSR count). The Morgan fingerprint density at radius 1 is 0.921 bits per heavy atom. The molecular weight excluding hydrogens is 502 g/mol. The quantitative estimate of drug-likeness (QED) is 0.375. The van der Waals surface area contributed by atoms with Crippen LogP contribution < -0.4 is 14.4 Å². The monoisotopic (exact) mass is 537 g/mol. The molecular formula is C29H35N3O5S. The molecule has 0 aliphatic carbocycles. The summed E-state index contributed by atoms with van der Waals surface area (Å²) in [7, 11) is -2.63. The zero-order chi connectivity index (χ0) is 27.7. The molecule has 3 aromatic carbocycles. The number of amides is 2. The maximum absolute atomic E-state index is 13.9. The average Bonchev–Trinajstić information content (AvgIpc) is 2.92. The number of anilines is 1. The summed E-state index contributed by atoms with van der Waals surface area (Å²) in [5.41, 5.74) is 2.14. The molecule has 0 aromatic heterocycles. The molecule has 38 heavy (non-hydrogen) atoms. The fourth-order valence-electron chi connectivity index (χ4n) is 4.11. The lowest BCUT2D eigenvalue weighted by Gasteiger charge is -2.33. The summed E-state index contributed by atoms with van der Waals surface area (Å²) in [5.74, 6) is -0.243. The Morgan fingerprint density at radius 2 is 1.55 bits per heavy atom. The van der Waals surface area contributed by atoms with Gasteiger partial charge in [-0.2, -0.15) is 0 Å². The van der Waals surface area contributed by atoms with E-state index in [-0.39, 0.29) is 17.3 Å². The van der Waals surface area contributed by atoms with E-state index in [1.165, 1.54) is 24.1 Å². The number of ether oxygens (including phenoxy) is 1. The first-order valence-corrected chi connectivity index (χ1v) is 14.0. The largest absolute Gasteiger partial charge is 0.497 e. The number of hydrogen-bond acceptors (Lipinski definition) is 5. The Bertz CT molecular complexity index is 1310. The first-order valence-electron chi connectivity index (χ1n) is 12.6. The number of likely N-dealkylation sites (N-methyl/N-ethyl adjacent to an activating group) is 1. The van der Waals surface area contributed by atoms with E-state index in [0.29, 0.717) is 24.4 Å². The first-order chi connectivity index (χ1) is 18.2. The van der Waals surface area contributed by atoms with E-state index in [1.54, 1.807) is 36.4 Å². The van der Waals surface area contributed by atoms with Gasteiger partial charge in [-0.1, -0.05) is 55.0 Å². The Kier molecular flexibility index (Phi) is 9.90. The number of aryl methyl sites for hydroxylation is 1. The van der Waals surface area contributed by atoms with Gasteiger partial charge in [-0.15, -0.1) is 0 Å².